The van der Waals surface area contributed by atoms with Crippen LogP contribution in [0.1, 0.15) is 51.0 Å². The summed E-state index contributed by atoms with van der Waals surface area (Å²) in [5.74, 6) is 0.135. The number of piperidine rings is 3. The topological polar surface area (TPSA) is 118 Å². The van der Waals surface area contributed by atoms with Gasteiger partial charge in [-0.15, -0.1) is 0 Å². The van der Waals surface area contributed by atoms with E-state index in [-0.39, 0.29) is 29.8 Å². The molecule has 0 spiro atoms. The molecule has 33 heavy (non-hydrogen) atoms. The summed E-state index contributed by atoms with van der Waals surface area (Å²) >= 11 is 0. The fourth-order valence-electron chi connectivity index (χ4n) is 4.55. The van der Waals surface area contributed by atoms with Crippen LogP contribution < -0.4 is 16.0 Å². The lowest BCUT2D eigenvalue weighted by Gasteiger charge is -2.44. The molecule has 1 atom stereocenters. The molecule has 3 fully saturated rings. The summed E-state index contributed by atoms with van der Waals surface area (Å²) < 4.78 is 6.35. The predicted octanol–water partition coefficient (Wildman–Crippen LogP) is 2.78. The minimum Gasteiger partial charge on any atom is -0.447 e. The molecule has 0 radical (unpaired) electrons. The first kappa shape index (κ1) is 23.0. The molecule has 3 amide bonds. The zero-order valence-corrected chi connectivity index (χ0v) is 19.6. The maximum absolute atomic E-state index is 13.3. The van der Waals surface area contributed by atoms with Crippen LogP contribution in [0.4, 0.5) is 15.3 Å². The molecule has 5 rings (SSSR count). The predicted molar refractivity (Wildman–Crippen MR) is 124 cm³/mol. The summed E-state index contributed by atoms with van der Waals surface area (Å²) in [6.07, 6.45) is 1.29. The second-order valence-electron chi connectivity index (χ2n) is 9.39. The van der Waals surface area contributed by atoms with Crippen LogP contribution in [0.25, 0.3) is 10.9 Å². The fourth-order valence-corrected chi connectivity index (χ4v) is 4.55. The van der Waals surface area contributed by atoms with E-state index in [4.69, 9.17) is 4.74 Å². The van der Waals surface area contributed by atoms with Gasteiger partial charge in [-0.3, -0.25) is 10.1 Å². The van der Waals surface area contributed by atoms with Crippen molar-refractivity contribution >= 4 is 34.6 Å². The monoisotopic (exact) mass is 456 g/mol. The van der Waals surface area contributed by atoms with Crippen LogP contribution in [0.2, 0.25) is 0 Å². The first-order chi connectivity index (χ1) is 15.7. The first-order valence-electron chi connectivity index (χ1n) is 11.6. The Morgan fingerprint density at radius 1 is 1.12 bits per heavy atom. The smallest absolute Gasteiger partial charge is 0.411 e. The highest BCUT2D eigenvalue weighted by molar-refractivity contribution is 6.08. The van der Waals surface area contributed by atoms with E-state index in [1.54, 1.807) is 32.0 Å². The van der Waals surface area contributed by atoms with Crippen LogP contribution in [0.15, 0.2) is 18.2 Å². The molecule has 1 aromatic heterocycles. The third kappa shape index (κ3) is 5.11. The number of hydrogen-bond acceptors (Lipinski definition) is 6. The second-order valence-corrected chi connectivity index (χ2v) is 9.39. The maximum atomic E-state index is 13.3. The van der Waals surface area contributed by atoms with E-state index in [2.05, 4.69) is 25.9 Å². The van der Waals surface area contributed by atoms with Gasteiger partial charge in [0.2, 0.25) is 0 Å². The van der Waals surface area contributed by atoms with E-state index in [0.29, 0.717) is 22.5 Å². The number of nitrogens with zero attached hydrogens (tertiary/aromatic N) is 3. The van der Waals surface area contributed by atoms with Crippen molar-refractivity contribution in [2.45, 2.75) is 58.7 Å². The van der Waals surface area contributed by atoms with Crippen molar-refractivity contribution in [2.75, 3.05) is 25.0 Å². The number of amides is 3. The number of anilines is 1. The van der Waals surface area contributed by atoms with E-state index in [9.17, 15) is 14.4 Å². The van der Waals surface area contributed by atoms with Gasteiger partial charge in [-0.1, -0.05) is 0 Å². The Hall–Kier alpha value is -3.14. The Bertz CT molecular complexity index is 1050. The lowest BCUT2D eigenvalue weighted by Crippen LogP contribution is -2.57. The van der Waals surface area contributed by atoms with Crippen molar-refractivity contribution in [3.63, 3.8) is 0 Å². The van der Waals surface area contributed by atoms with Crippen LogP contribution in [-0.2, 0) is 4.74 Å². The zero-order valence-electron chi connectivity index (χ0n) is 19.6. The van der Waals surface area contributed by atoms with Gasteiger partial charge in [0.05, 0.1) is 11.6 Å². The number of rotatable bonds is 5. The second kappa shape index (κ2) is 9.38. The van der Waals surface area contributed by atoms with Crippen molar-refractivity contribution in [1.29, 1.82) is 0 Å². The van der Waals surface area contributed by atoms with Gasteiger partial charge >= 0.3 is 12.1 Å². The normalized spacial score (nSPS) is 21.9. The van der Waals surface area contributed by atoms with E-state index >= 15 is 0 Å². The van der Waals surface area contributed by atoms with Crippen molar-refractivity contribution in [1.82, 2.24) is 25.3 Å². The Morgan fingerprint density at radius 2 is 1.85 bits per heavy atom. The molecule has 3 aliphatic rings. The highest BCUT2D eigenvalue weighted by Gasteiger charge is 2.35. The first-order valence-corrected chi connectivity index (χ1v) is 11.6. The number of hydrogen-bond donors (Lipinski definition) is 3. The van der Waals surface area contributed by atoms with Crippen LogP contribution in [0.5, 0.6) is 0 Å². The van der Waals surface area contributed by atoms with Gasteiger partial charge in [0.1, 0.15) is 0 Å². The molecule has 10 heteroatoms. The Kier molecular flexibility index (Phi) is 6.55. The zero-order chi connectivity index (χ0) is 23.7. The quantitative estimate of drug-likeness (QED) is 0.637. The molecule has 2 aromatic rings. The Labute approximate surface area is 193 Å². The van der Waals surface area contributed by atoms with E-state index in [0.717, 1.165) is 32.5 Å². The molecule has 10 nitrogen and oxygen atoms in total. The highest BCUT2D eigenvalue weighted by Crippen LogP contribution is 2.28. The minimum absolute atomic E-state index is 0.0621. The van der Waals surface area contributed by atoms with Crippen molar-refractivity contribution < 1.29 is 19.1 Å². The van der Waals surface area contributed by atoms with Crippen molar-refractivity contribution in [3.05, 3.63) is 23.9 Å². The highest BCUT2D eigenvalue weighted by atomic mass is 16.6. The Morgan fingerprint density at radius 3 is 2.45 bits per heavy atom. The fraction of sp³-hybridized carbons (Fsp3) is 0.565. The SMILES string of the molecule is CC(C)NC(=O)n1nc(C(=O)N[C@H]2CN3CCC2CC3)c2cc(NC(=O)OC(C)C)ccc21. The minimum atomic E-state index is -0.590. The number of ether oxygens (including phenoxy) is 1. The lowest BCUT2D eigenvalue weighted by atomic mass is 9.84. The summed E-state index contributed by atoms with van der Waals surface area (Å²) in [5, 5.41) is 13.5. The molecular weight excluding hydrogens is 424 g/mol. The van der Waals surface area contributed by atoms with E-state index in [1.807, 2.05) is 13.8 Å². The number of carbonyl (C=O) groups is 3. The molecule has 0 saturated carbocycles. The van der Waals surface area contributed by atoms with Gasteiger partial charge in [-0.2, -0.15) is 9.78 Å². The molecule has 1 aromatic carbocycles. The molecule has 178 valence electrons. The van der Waals surface area contributed by atoms with Gasteiger partial charge in [0.25, 0.3) is 5.91 Å². The van der Waals surface area contributed by atoms with Crippen LogP contribution in [0.3, 0.4) is 0 Å². The third-order valence-electron chi connectivity index (χ3n) is 6.06. The molecule has 3 N–H and O–H groups in total. The van der Waals surface area contributed by atoms with Gasteiger partial charge in [-0.05, 0) is 77.7 Å². The summed E-state index contributed by atoms with van der Waals surface area (Å²) in [6.45, 7) is 10.2. The van der Waals surface area contributed by atoms with Crippen LogP contribution in [0, 0.1) is 5.92 Å². The van der Waals surface area contributed by atoms with E-state index < -0.39 is 12.1 Å². The molecule has 3 saturated heterocycles. The van der Waals surface area contributed by atoms with Crippen molar-refractivity contribution in [3.8, 4) is 0 Å². The summed E-state index contributed by atoms with van der Waals surface area (Å²) in [5.41, 5.74) is 1.09. The summed E-state index contributed by atoms with van der Waals surface area (Å²) in [6, 6.07) is 4.52. The van der Waals surface area contributed by atoms with Gasteiger partial charge in [0, 0.05) is 29.7 Å². The molecule has 0 unspecified atom stereocenters. The molecular formula is C23H32N6O4. The summed E-state index contributed by atoms with van der Waals surface area (Å²) in [4.78, 5) is 40.4. The Balaban J connectivity index is 1.65. The van der Waals surface area contributed by atoms with Gasteiger partial charge in [0.15, 0.2) is 5.69 Å². The lowest BCUT2D eigenvalue weighted by molar-refractivity contribution is 0.0618. The van der Waals surface area contributed by atoms with E-state index in [1.165, 1.54) is 4.68 Å². The number of carbonyl (C=O) groups excluding carboxylic acids is 3. The van der Waals surface area contributed by atoms with Crippen LogP contribution >= 0.6 is 0 Å². The molecule has 2 bridgehead atoms. The molecule has 0 aliphatic carbocycles. The number of aromatic nitrogens is 2. The number of nitrogens with one attached hydrogen (secondary N) is 3. The maximum Gasteiger partial charge on any atom is 0.411 e. The standard InChI is InChI=1S/C23H32N6O4/c1-13(2)24-22(31)29-19-6-5-16(25-23(32)33-14(3)4)11-17(19)20(27-29)21(30)26-18-12-28-9-7-15(18)8-10-28/h5-6,11,13-15,18H,7-10,12H2,1-4H3,(H,24,31)(H,25,32)(H,26,30)/t18-/m0/s1. The largest absolute Gasteiger partial charge is 0.447 e. The third-order valence-corrected chi connectivity index (χ3v) is 6.06. The average Bonchev–Trinajstić information content (AvgIpc) is 3.12. The molecule has 3 aliphatic heterocycles. The van der Waals surface area contributed by atoms with Gasteiger partial charge < -0.3 is 20.3 Å². The summed E-state index contributed by atoms with van der Waals surface area (Å²) in [7, 11) is 0. The molecule has 4 heterocycles. The van der Waals surface area contributed by atoms with Crippen molar-refractivity contribution in [2.24, 2.45) is 5.92 Å². The number of fused-ring (bicyclic) bond motifs is 4. The van der Waals surface area contributed by atoms with Gasteiger partial charge in [-0.25, -0.2) is 9.59 Å². The number of benzene rings is 1. The average molecular weight is 457 g/mol. The van der Waals surface area contributed by atoms with Crippen LogP contribution in [-0.4, -0.2) is 70.5 Å².